The van der Waals surface area contributed by atoms with Crippen LogP contribution < -0.4 is 4.74 Å². The van der Waals surface area contributed by atoms with Gasteiger partial charge in [-0.25, -0.2) is 19.6 Å². The van der Waals surface area contributed by atoms with Crippen LogP contribution in [0.3, 0.4) is 0 Å². The van der Waals surface area contributed by atoms with Crippen LogP contribution in [0.5, 0.6) is 5.88 Å². The molecule has 0 fully saturated rings. The second-order valence-electron chi connectivity index (χ2n) is 4.26. The Morgan fingerprint density at radius 1 is 1.04 bits per heavy atom. The Morgan fingerprint density at radius 2 is 1.56 bits per heavy atom. The molecule has 0 aliphatic heterocycles. The first kappa shape index (κ1) is 20.2. The molecule has 0 saturated heterocycles. The number of hydrogen-bond donors (Lipinski definition) is 2. The average molecular weight is 379 g/mol. The van der Waals surface area contributed by atoms with Crippen LogP contribution >= 0.6 is 11.6 Å². The van der Waals surface area contributed by atoms with E-state index in [0.717, 1.165) is 18.3 Å². The summed E-state index contributed by atoms with van der Waals surface area (Å²) in [5, 5.41) is 17.1. The zero-order valence-electron chi connectivity index (χ0n) is 12.2. The molecule has 2 N–H and O–H groups in total. The van der Waals surface area contributed by atoms with Gasteiger partial charge in [-0.15, -0.1) is 0 Å². The van der Waals surface area contributed by atoms with E-state index in [1.54, 1.807) is 0 Å². The van der Waals surface area contributed by atoms with E-state index >= 15 is 0 Å². The van der Waals surface area contributed by atoms with Gasteiger partial charge >= 0.3 is 18.1 Å². The molecule has 0 amide bonds. The van der Waals surface area contributed by atoms with Crippen molar-refractivity contribution in [1.29, 1.82) is 0 Å². The quantitative estimate of drug-likeness (QED) is 0.786. The van der Waals surface area contributed by atoms with Crippen LogP contribution in [0.4, 0.5) is 13.2 Å². The van der Waals surface area contributed by atoms with E-state index in [9.17, 15) is 22.8 Å². The third kappa shape index (κ3) is 7.97. The summed E-state index contributed by atoms with van der Waals surface area (Å²) in [4.78, 5) is 27.8. The minimum Gasteiger partial charge on any atom is -0.478 e. The van der Waals surface area contributed by atoms with Crippen LogP contribution in [0, 0.1) is 0 Å². The summed E-state index contributed by atoms with van der Waals surface area (Å²) in [6.07, 6.45) is -2.05. The summed E-state index contributed by atoms with van der Waals surface area (Å²) < 4.78 is 39.5. The fraction of sp³-hybridized carbons (Fsp3) is 0.143. The van der Waals surface area contributed by atoms with E-state index in [1.807, 2.05) is 0 Å². The Labute approximate surface area is 143 Å². The molecule has 0 atom stereocenters. The van der Waals surface area contributed by atoms with Crippen molar-refractivity contribution >= 4 is 23.5 Å². The molecule has 0 aliphatic rings. The van der Waals surface area contributed by atoms with E-state index in [2.05, 4.69) is 14.7 Å². The number of carboxylic acid groups (broad SMARTS) is 2. The van der Waals surface area contributed by atoms with E-state index < -0.39 is 24.7 Å². The number of pyridine rings is 2. The Kier molecular flexibility index (Phi) is 7.12. The van der Waals surface area contributed by atoms with Crippen molar-refractivity contribution in [1.82, 2.24) is 9.97 Å². The van der Waals surface area contributed by atoms with Gasteiger partial charge in [-0.05, 0) is 18.2 Å². The summed E-state index contributed by atoms with van der Waals surface area (Å²) in [5.74, 6) is -2.62. The van der Waals surface area contributed by atoms with Crippen LogP contribution in [0.25, 0.3) is 0 Å². The van der Waals surface area contributed by atoms with Gasteiger partial charge in [0.1, 0.15) is 5.15 Å². The minimum atomic E-state index is -4.47. The lowest BCUT2D eigenvalue weighted by Crippen LogP contribution is -2.19. The summed E-state index contributed by atoms with van der Waals surface area (Å²) in [6.45, 7) is -1.50. The van der Waals surface area contributed by atoms with Gasteiger partial charge in [-0.2, -0.15) is 13.2 Å². The number of alkyl halides is 3. The van der Waals surface area contributed by atoms with E-state index in [-0.39, 0.29) is 22.2 Å². The van der Waals surface area contributed by atoms with Crippen molar-refractivity contribution < 1.29 is 37.7 Å². The normalized spacial score (nSPS) is 10.4. The lowest BCUT2D eigenvalue weighted by molar-refractivity contribution is -0.154. The molecule has 25 heavy (non-hydrogen) atoms. The smallest absolute Gasteiger partial charge is 0.422 e. The molecule has 0 aliphatic carbocycles. The maximum atomic E-state index is 11.7. The molecule has 2 aromatic heterocycles. The van der Waals surface area contributed by atoms with E-state index in [0.29, 0.717) is 0 Å². The Morgan fingerprint density at radius 3 is 2.00 bits per heavy atom. The lowest BCUT2D eigenvalue weighted by Gasteiger charge is -2.08. The highest BCUT2D eigenvalue weighted by atomic mass is 35.5. The summed E-state index contributed by atoms with van der Waals surface area (Å²) >= 11 is 5.41. The number of aromatic carboxylic acids is 2. The minimum absolute atomic E-state index is 0.153. The Balaban J connectivity index is 0.000000271. The molecule has 0 unspecified atom stereocenters. The maximum Gasteiger partial charge on any atom is 0.422 e. The highest BCUT2D eigenvalue weighted by molar-refractivity contribution is 6.29. The van der Waals surface area contributed by atoms with Crippen LogP contribution in [-0.4, -0.2) is 44.9 Å². The number of carboxylic acids is 2. The number of halogens is 4. The van der Waals surface area contributed by atoms with Crippen molar-refractivity contribution in [2.45, 2.75) is 6.18 Å². The van der Waals surface area contributed by atoms with Gasteiger partial charge in [-0.3, -0.25) is 0 Å². The first-order valence-electron chi connectivity index (χ1n) is 6.32. The molecule has 0 bridgehead atoms. The first-order valence-corrected chi connectivity index (χ1v) is 6.70. The number of hydrogen-bond acceptors (Lipinski definition) is 5. The first-order chi connectivity index (χ1) is 11.6. The van der Waals surface area contributed by atoms with Crippen molar-refractivity contribution in [3.8, 4) is 5.88 Å². The molecular weight excluding hydrogens is 369 g/mol. The van der Waals surface area contributed by atoms with Gasteiger partial charge in [0.05, 0.1) is 11.1 Å². The average Bonchev–Trinajstić information content (AvgIpc) is 2.53. The lowest BCUT2D eigenvalue weighted by atomic mass is 10.3. The molecule has 11 heteroatoms. The van der Waals surface area contributed by atoms with Crippen molar-refractivity contribution in [3.63, 3.8) is 0 Å². The van der Waals surface area contributed by atoms with Gasteiger partial charge in [0, 0.05) is 18.5 Å². The van der Waals surface area contributed by atoms with Gasteiger partial charge in [0.2, 0.25) is 5.88 Å². The second kappa shape index (κ2) is 8.83. The highest BCUT2D eigenvalue weighted by Gasteiger charge is 2.28. The number of ether oxygens (including phenoxy) is 1. The third-order valence-corrected chi connectivity index (χ3v) is 2.55. The predicted octanol–water partition coefficient (Wildman–Crippen LogP) is 3.15. The molecule has 2 aromatic rings. The highest BCUT2D eigenvalue weighted by Crippen LogP contribution is 2.17. The Hall–Kier alpha value is -2.88. The van der Waals surface area contributed by atoms with Gasteiger partial charge in [-0.1, -0.05) is 11.6 Å². The van der Waals surface area contributed by atoms with Gasteiger partial charge < -0.3 is 14.9 Å². The molecule has 7 nitrogen and oxygen atoms in total. The third-order valence-electron chi connectivity index (χ3n) is 2.34. The molecule has 134 valence electrons. The number of rotatable bonds is 4. The summed E-state index contributed by atoms with van der Waals surface area (Å²) in [7, 11) is 0. The number of aromatic nitrogens is 2. The fourth-order valence-corrected chi connectivity index (χ4v) is 1.49. The van der Waals surface area contributed by atoms with Crippen LogP contribution in [0.1, 0.15) is 20.7 Å². The van der Waals surface area contributed by atoms with Gasteiger partial charge in [0.15, 0.2) is 6.61 Å². The molecule has 2 heterocycles. The van der Waals surface area contributed by atoms with Crippen molar-refractivity contribution in [2.24, 2.45) is 0 Å². The molecule has 0 radical (unpaired) electrons. The largest absolute Gasteiger partial charge is 0.478 e. The molecule has 0 saturated carbocycles. The molecular formula is C14H10ClF3N2O5. The molecule has 2 rings (SSSR count). The fourth-order valence-electron chi connectivity index (χ4n) is 1.31. The maximum absolute atomic E-state index is 11.7. The summed E-state index contributed by atoms with van der Waals surface area (Å²) in [6, 6.07) is 4.76. The number of nitrogens with zero attached hydrogens (tertiary/aromatic N) is 2. The number of carbonyl (C=O) groups is 2. The van der Waals surface area contributed by atoms with Crippen LogP contribution in [0.2, 0.25) is 5.15 Å². The second-order valence-corrected chi connectivity index (χ2v) is 4.65. The monoisotopic (exact) mass is 378 g/mol. The van der Waals surface area contributed by atoms with Crippen molar-refractivity contribution in [3.05, 3.63) is 52.9 Å². The zero-order valence-corrected chi connectivity index (χ0v) is 13.0. The van der Waals surface area contributed by atoms with Crippen LogP contribution in [-0.2, 0) is 0 Å². The van der Waals surface area contributed by atoms with Gasteiger partial charge in [0.25, 0.3) is 0 Å². The Bertz CT molecular complexity index is 755. The molecule has 0 aromatic carbocycles. The topological polar surface area (TPSA) is 110 Å². The zero-order chi connectivity index (χ0) is 19.0. The van der Waals surface area contributed by atoms with E-state index in [1.165, 1.54) is 18.3 Å². The summed E-state index contributed by atoms with van der Waals surface area (Å²) in [5.41, 5.74) is -0.0258. The molecule has 0 spiro atoms. The SMILES string of the molecule is O=C(O)c1ccnc(Cl)c1.O=C(O)c1ccnc(OCC(F)(F)F)c1. The standard InChI is InChI=1S/C8H6F3NO3.C6H4ClNO2/c9-8(10,11)4-15-6-3-5(7(13)14)1-2-12-6;7-5-3-4(6(9)10)1-2-8-5/h1-3H,4H2,(H,13,14);1-3H,(H,9,10). The van der Waals surface area contributed by atoms with Crippen LogP contribution in [0.15, 0.2) is 36.7 Å². The van der Waals surface area contributed by atoms with E-state index in [4.69, 9.17) is 21.8 Å². The predicted molar refractivity (Wildman–Crippen MR) is 79.0 cm³/mol. The van der Waals surface area contributed by atoms with Crippen molar-refractivity contribution in [2.75, 3.05) is 6.61 Å².